The van der Waals surface area contributed by atoms with Gasteiger partial charge in [0.1, 0.15) is 0 Å². The number of benzene rings is 1. The molecule has 0 aromatic heterocycles. The molecule has 1 aromatic carbocycles. The minimum absolute atomic E-state index is 0.0984. The Kier molecular flexibility index (Phi) is 4.57. The van der Waals surface area contributed by atoms with Crippen LogP contribution in [0.3, 0.4) is 0 Å². The van der Waals surface area contributed by atoms with Crippen LogP contribution in [-0.4, -0.2) is 17.3 Å². The van der Waals surface area contributed by atoms with Crippen LogP contribution in [0.15, 0.2) is 24.3 Å². The fourth-order valence-electron chi connectivity index (χ4n) is 2.30. The second kappa shape index (κ2) is 6.18. The zero-order chi connectivity index (χ0) is 12.1. The summed E-state index contributed by atoms with van der Waals surface area (Å²) < 4.78 is 5.88. The van der Waals surface area contributed by atoms with Gasteiger partial charge in [-0.1, -0.05) is 31.2 Å². The average molecular weight is 234 g/mol. The van der Waals surface area contributed by atoms with Crippen molar-refractivity contribution in [3.05, 3.63) is 35.4 Å². The highest BCUT2D eigenvalue weighted by Crippen LogP contribution is 2.22. The summed E-state index contributed by atoms with van der Waals surface area (Å²) in [7, 11) is 0. The molecule has 94 valence electrons. The first-order valence-electron chi connectivity index (χ1n) is 6.65. The third-order valence-corrected chi connectivity index (χ3v) is 3.56. The maximum absolute atomic E-state index is 9.41. The molecule has 2 rings (SSSR count). The topological polar surface area (TPSA) is 29.5 Å². The van der Waals surface area contributed by atoms with E-state index in [4.69, 9.17) is 4.74 Å². The Bertz CT molecular complexity index is 323. The van der Waals surface area contributed by atoms with Gasteiger partial charge >= 0.3 is 0 Å². The second-order valence-electron chi connectivity index (χ2n) is 4.91. The molecule has 0 aliphatic heterocycles. The predicted octanol–water partition coefficient (Wildman–Crippen LogP) is 3.07. The molecule has 1 saturated carbocycles. The second-order valence-corrected chi connectivity index (χ2v) is 4.91. The van der Waals surface area contributed by atoms with Crippen molar-refractivity contribution in [2.75, 3.05) is 0 Å². The van der Waals surface area contributed by atoms with Gasteiger partial charge in [0, 0.05) is 0 Å². The van der Waals surface area contributed by atoms with Crippen LogP contribution in [0, 0.1) is 0 Å². The zero-order valence-corrected chi connectivity index (χ0v) is 10.6. The van der Waals surface area contributed by atoms with Gasteiger partial charge in [-0.2, -0.15) is 0 Å². The van der Waals surface area contributed by atoms with Gasteiger partial charge in [-0.25, -0.2) is 0 Å². The lowest BCUT2D eigenvalue weighted by molar-refractivity contribution is -0.0118. The van der Waals surface area contributed by atoms with Crippen molar-refractivity contribution in [1.29, 1.82) is 0 Å². The molecule has 1 aliphatic carbocycles. The molecule has 1 N–H and O–H groups in total. The minimum Gasteiger partial charge on any atom is -0.393 e. The van der Waals surface area contributed by atoms with E-state index in [0.29, 0.717) is 12.7 Å². The monoisotopic (exact) mass is 234 g/mol. The van der Waals surface area contributed by atoms with Crippen molar-refractivity contribution in [1.82, 2.24) is 0 Å². The van der Waals surface area contributed by atoms with Crippen molar-refractivity contribution in [3.63, 3.8) is 0 Å². The largest absolute Gasteiger partial charge is 0.393 e. The zero-order valence-electron chi connectivity index (χ0n) is 10.6. The third kappa shape index (κ3) is 3.83. The number of aliphatic hydroxyl groups excluding tert-OH is 1. The molecule has 1 aliphatic rings. The summed E-state index contributed by atoms with van der Waals surface area (Å²) in [5, 5.41) is 9.41. The van der Waals surface area contributed by atoms with E-state index in [1.807, 2.05) is 0 Å². The Labute approximate surface area is 104 Å². The SMILES string of the molecule is CCc1ccc(COC2CCC(O)CC2)cc1. The van der Waals surface area contributed by atoms with Crippen LogP contribution < -0.4 is 0 Å². The molecule has 0 amide bonds. The summed E-state index contributed by atoms with van der Waals surface area (Å²) >= 11 is 0. The van der Waals surface area contributed by atoms with Crippen molar-refractivity contribution in [2.45, 2.75) is 57.8 Å². The summed E-state index contributed by atoms with van der Waals surface area (Å²) in [6, 6.07) is 8.64. The molecule has 1 fully saturated rings. The van der Waals surface area contributed by atoms with Crippen LogP contribution in [0.1, 0.15) is 43.7 Å². The molecule has 0 atom stereocenters. The van der Waals surface area contributed by atoms with E-state index in [1.165, 1.54) is 11.1 Å². The van der Waals surface area contributed by atoms with Crippen molar-refractivity contribution < 1.29 is 9.84 Å². The molecule has 0 spiro atoms. The quantitative estimate of drug-likeness (QED) is 0.867. The highest BCUT2D eigenvalue weighted by molar-refractivity contribution is 5.21. The standard InChI is InChI=1S/C15H22O2/c1-2-12-3-5-13(6-4-12)11-17-15-9-7-14(16)8-10-15/h3-6,14-16H,2,7-11H2,1H3. The van der Waals surface area contributed by atoms with Crippen LogP contribution in [0.2, 0.25) is 0 Å². The van der Waals surface area contributed by atoms with Gasteiger partial charge in [0.25, 0.3) is 0 Å². The Balaban J connectivity index is 1.77. The Morgan fingerprint density at radius 2 is 1.65 bits per heavy atom. The van der Waals surface area contributed by atoms with E-state index < -0.39 is 0 Å². The van der Waals surface area contributed by atoms with Crippen LogP contribution in [0.25, 0.3) is 0 Å². The summed E-state index contributed by atoms with van der Waals surface area (Å²) in [5.74, 6) is 0. The Morgan fingerprint density at radius 1 is 1.06 bits per heavy atom. The normalized spacial score (nSPS) is 24.8. The fourth-order valence-corrected chi connectivity index (χ4v) is 2.30. The third-order valence-electron chi connectivity index (χ3n) is 3.56. The highest BCUT2D eigenvalue weighted by Gasteiger charge is 2.19. The molecule has 17 heavy (non-hydrogen) atoms. The summed E-state index contributed by atoms with van der Waals surface area (Å²) in [6.45, 7) is 2.86. The smallest absolute Gasteiger partial charge is 0.0720 e. The lowest BCUT2D eigenvalue weighted by Gasteiger charge is -2.25. The van der Waals surface area contributed by atoms with Gasteiger partial charge in [0.05, 0.1) is 18.8 Å². The summed E-state index contributed by atoms with van der Waals surface area (Å²) in [6.07, 6.45) is 5.09. The van der Waals surface area contributed by atoms with E-state index >= 15 is 0 Å². The van der Waals surface area contributed by atoms with Gasteiger partial charge in [0.2, 0.25) is 0 Å². The molecule has 0 saturated heterocycles. The van der Waals surface area contributed by atoms with Crippen LogP contribution in [0.5, 0.6) is 0 Å². The van der Waals surface area contributed by atoms with Gasteiger partial charge in [0.15, 0.2) is 0 Å². The molecule has 0 radical (unpaired) electrons. The highest BCUT2D eigenvalue weighted by atomic mass is 16.5. The molecule has 2 nitrogen and oxygen atoms in total. The van der Waals surface area contributed by atoms with Crippen LogP contribution >= 0.6 is 0 Å². The maximum atomic E-state index is 9.41. The minimum atomic E-state index is -0.0984. The first-order chi connectivity index (χ1) is 8.28. The molecule has 0 heterocycles. The summed E-state index contributed by atoms with van der Waals surface area (Å²) in [5.41, 5.74) is 2.61. The van der Waals surface area contributed by atoms with Gasteiger partial charge < -0.3 is 9.84 Å². The van der Waals surface area contributed by atoms with Crippen LogP contribution in [-0.2, 0) is 17.8 Å². The van der Waals surface area contributed by atoms with Gasteiger partial charge in [-0.3, -0.25) is 0 Å². The molecule has 2 heteroatoms. The Hall–Kier alpha value is -0.860. The van der Waals surface area contributed by atoms with Crippen LogP contribution in [0.4, 0.5) is 0 Å². The number of rotatable bonds is 4. The number of aliphatic hydroxyl groups is 1. The number of aryl methyl sites for hydroxylation is 1. The molecular weight excluding hydrogens is 212 g/mol. The first kappa shape index (κ1) is 12.6. The fraction of sp³-hybridized carbons (Fsp3) is 0.600. The van der Waals surface area contributed by atoms with E-state index in [1.54, 1.807) is 0 Å². The van der Waals surface area contributed by atoms with E-state index in [0.717, 1.165) is 32.1 Å². The lowest BCUT2D eigenvalue weighted by atomic mass is 9.95. The molecule has 1 aromatic rings. The molecular formula is C15H22O2. The van der Waals surface area contributed by atoms with Crippen molar-refractivity contribution in [3.8, 4) is 0 Å². The average Bonchev–Trinajstić information content (AvgIpc) is 2.39. The van der Waals surface area contributed by atoms with E-state index in [-0.39, 0.29) is 6.10 Å². The van der Waals surface area contributed by atoms with E-state index in [9.17, 15) is 5.11 Å². The van der Waals surface area contributed by atoms with Gasteiger partial charge in [-0.05, 0) is 43.2 Å². The lowest BCUT2D eigenvalue weighted by Crippen LogP contribution is -2.24. The molecule has 0 bridgehead atoms. The van der Waals surface area contributed by atoms with Gasteiger partial charge in [-0.15, -0.1) is 0 Å². The predicted molar refractivity (Wildman–Crippen MR) is 68.9 cm³/mol. The maximum Gasteiger partial charge on any atom is 0.0720 e. The number of hydrogen-bond donors (Lipinski definition) is 1. The number of hydrogen-bond acceptors (Lipinski definition) is 2. The first-order valence-corrected chi connectivity index (χ1v) is 6.65. The van der Waals surface area contributed by atoms with E-state index in [2.05, 4.69) is 31.2 Å². The Morgan fingerprint density at radius 3 is 2.24 bits per heavy atom. The number of ether oxygens (including phenoxy) is 1. The molecule has 0 unspecified atom stereocenters. The summed E-state index contributed by atoms with van der Waals surface area (Å²) in [4.78, 5) is 0. The van der Waals surface area contributed by atoms with Crippen molar-refractivity contribution >= 4 is 0 Å². The van der Waals surface area contributed by atoms with Crippen molar-refractivity contribution in [2.24, 2.45) is 0 Å².